The zero-order valence-electron chi connectivity index (χ0n) is 47.3. The van der Waals surface area contributed by atoms with E-state index in [-0.39, 0.29) is 49.9 Å². The largest absolute Gasteiger partial charge is 0.495 e. The van der Waals surface area contributed by atoms with Crippen LogP contribution in [0.25, 0.3) is 0 Å². The fourth-order valence-corrected chi connectivity index (χ4v) is 9.59. The fourth-order valence-electron chi connectivity index (χ4n) is 9.28. The van der Waals surface area contributed by atoms with Gasteiger partial charge in [-0.1, -0.05) is 68.3 Å². The Kier molecular flexibility index (Phi) is 22.3. The second-order valence-electron chi connectivity index (χ2n) is 21.1. The number of nitrogens with two attached hydrogens (primary N) is 2. The number of hydrogen-bond acceptors (Lipinski definition) is 16. The molecule has 2 saturated heterocycles. The number of nitrogens with one attached hydrogen (secondary N) is 4. The third-order valence-corrected chi connectivity index (χ3v) is 15.1. The van der Waals surface area contributed by atoms with Gasteiger partial charge in [0.05, 0.1) is 31.4 Å². The topological polar surface area (TPSA) is 325 Å². The van der Waals surface area contributed by atoms with Crippen LogP contribution < -0.4 is 42.4 Å². The number of methoxy groups -OCH3 is 2. The molecule has 80 heavy (non-hydrogen) atoms. The van der Waals surface area contributed by atoms with Gasteiger partial charge in [0, 0.05) is 65.8 Å². The number of rotatable bonds is 19. The van der Waals surface area contributed by atoms with Gasteiger partial charge in [0.25, 0.3) is 0 Å². The number of hydrogen-bond donors (Lipinski definition) is 7. The van der Waals surface area contributed by atoms with Crippen molar-refractivity contribution >= 4 is 70.8 Å². The summed E-state index contributed by atoms with van der Waals surface area (Å²) in [6, 6.07) is 6.23. The van der Waals surface area contributed by atoms with Crippen molar-refractivity contribution < 1.29 is 71.9 Å². The van der Waals surface area contributed by atoms with Crippen LogP contribution in [0.1, 0.15) is 84.8 Å². The molecule has 0 saturated carbocycles. The van der Waals surface area contributed by atoms with Gasteiger partial charge in [-0.05, 0) is 81.3 Å². The summed E-state index contributed by atoms with van der Waals surface area (Å²) in [5.74, 6) is -3.39. The Morgan fingerprint density at radius 3 is 2.38 bits per heavy atom. The second kappa shape index (κ2) is 27.9. The van der Waals surface area contributed by atoms with Crippen LogP contribution >= 0.6 is 11.6 Å². The number of amides is 8. The molecule has 3 aliphatic heterocycles. The Balaban J connectivity index is 1.23. The number of carbonyl (C=O) groups excluding carboxylic acids is 8. The first-order valence-electron chi connectivity index (χ1n) is 26.3. The fraction of sp³-hybridized carbons (Fsp3) is 0.564. The van der Waals surface area contributed by atoms with Gasteiger partial charge in [-0.2, -0.15) is 0 Å². The van der Waals surface area contributed by atoms with Gasteiger partial charge >= 0.3 is 24.2 Å². The maximum atomic E-state index is 14.4. The molecule has 0 aromatic heterocycles. The summed E-state index contributed by atoms with van der Waals surface area (Å²) in [4.78, 5) is 109. The maximum absolute atomic E-state index is 14.4. The molecular formula is C55H78ClN9O15. The summed E-state index contributed by atoms with van der Waals surface area (Å²) in [6.45, 7) is 10.3. The number of aliphatic hydroxyl groups is 1. The lowest BCUT2D eigenvalue weighted by atomic mass is 9.83. The minimum Gasteiger partial charge on any atom is -0.495 e. The minimum absolute atomic E-state index is 0.0930. The molecular weight excluding hydrogens is 1060 g/mol. The first-order chi connectivity index (χ1) is 37.6. The number of benzene rings is 2. The molecule has 3 aliphatic rings. The van der Waals surface area contributed by atoms with Crippen molar-refractivity contribution in [1.82, 2.24) is 25.8 Å². The smallest absolute Gasteiger partial charge is 0.409 e. The van der Waals surface area contributed by atoms with Crippen molar-refractivity contribution in [2.45, 2.75) is 141 Å². The molecule has 4 bridgehead atoms. The molecule has 25 heteroatoms. The van der Waals surface area contributed by atoms with Crippen molar-refractivity contribution in [1.29, 1.82) is 0 Å². The Morgan fingerprint density at radius 2 is 1.74 bits per heavy atom. The average molecular weight is 1140 g/mol. The first kappa shape index (κ1) is 63.8. The Bertz CT molecular complexity index is 2660. The third kappa shape index (κ3) is 16.6. The highest BCUT2D eigenvalue weighted by Crippen LogP contribution is 2.49. The molecule has 0 radical (unpaired) electrons. The van der Waals surface area contributed by atoms with Crippen LogP contribution in [0.2, 0.25) is 5.02 Å². The van der Waals surface area contributed by atoms with Gasteiger partial charge in [-0.15, -0.1) is 0 Å². The number of likely N-dealkylation sites (N-methyl/N-ethyl adjacent to an activating group) is 1. The number of urea groups is 1. The van der Waals surface area contributed by atoms with Crippen LogP contribution in [0.15, 0.2) is 60.2 Å². The number of fused-ring (bicyclic) bond motifs is 5. The maximum Gasteiger partial charge on any atom is 0.409 e. The molecule has 24 nitrogen and oxygen atoms in total. The summed E-state index contributed by atoms with van der Waals surface area (Å²) in [5.41, 5.74) is 10.8. The SMILES string of the molecule is COc1cc2cc(c1Cl)N(C)C(=O)C[C@H](OC(=O)[C@H](C)N(C)C(=O)CCN(C)C(=O)OCc1ccc(NC(=O)[C@H](CCCNC(N)=O)NC(=O)[C@@H](N)C(C)C)cc1)[C@]1(C)O[C@H]1[C@H](C)[C@@H]1C[C@@](O)(NC(=O)O1)[C@H](OC)/C=C\C=C(\C)C2. The van der Waals surface area contributed by atoms with E-state index >= 15 is 0 Å². The monoisotopic (exact) mass is 1140 g/mol. The molecule has 8 amide bonds. The molecule has 0 spiro atoms. The third-order valence-electron chi connectivity index (χ3n) is 14.7. The number of nitrogens with zero attached hydrogens (tertiary/aromatic N) is 3. The highest BCUT2D eigenvalue weighted by Gasteiger charge is 2.64. The number of ether oxygens (including phenoxy) is 6. The van der Waals surface area contributed by atoms with Gasteiger partial charge in [0.15, 0.2) is 5.72 Å². The number of epoxide rings is 1. The van der Waals surface area contributed by atoms with Crippen molar-refractivity contribution in [2.24, 2.45) is 23.3 Å². The van der Waals surface area contributed by atoms with Crippen LogP contribution in [0.5, 0.6) is 5.75 Å². The molecule has 2 aromatic carbocycles. The van der Waals surface area contributed by atoms with E-state index in [1.165, 1.54) is 52.1 Å². The number of anilines is 2. The van der Waals surface area contributed by atoms with E-state index in [9.17, 15) is 43.5 Å². The van der Waals surface area contributed by atoms with E-state index < -0.39 is 114 Å². The predicted molar refractivity (Wildman–Crippen MR) is 295 cm³/mol. The van der Waals surface area contributed by atoms with Crippen LogP contribution in [0.3, 0.4) is 0 Å². The summed E-state index contributed by atoms with van der Waals surface area (Å²) < 4.78 is 34.9. The van der Waals surface area contributed by atoms with Gasteiger partial charge in [-0.3, -0.25) is 24.5 Å². The number of halogens is 1. The average Bonchev–Trinajstić information content (AvgIpc) is 4.25. The van der Waals surface area contributed by atoms with E-state index in [1.807, 2.05) is 13.0 Å². The molecule has 0 unspecified atom stereocenters. The van der Waals surface area contributed by atoms with E-state index in [0.717, 1.165) is 16.0 Å². The standard InChI is InChI=1S/C55H78ClN9O15/c1-30(2)46(57)49(69)61-37(15-13-22-59-51(58)71)48(68)60-36-19-17-34(18-20-36)29-77-53(73)63(7)23-21-43(66)64(8)33(5)50(70)79-42-27-44(67)65(9)38-25-35(26-39(75-10)45(38)56)24-31(3)14-12-16-41(76-11)55(74)28-40(78-52(72)62-55)32(4)47-54(42,6)80-47/h12,14,16-20,25-26,30,32-33,37,40-42,46-47,74H,13,15,21-24,27-29,57H2,1-11H3,(H,60,68)(H,61,69)(H,62,72)(H3,58,59,71)/b16-12-,31-14-/t32-,33+,37+,40+,41-,42+,46+,47+,54+,55+/m1/s1. The van der Waals surface area contributed by atoms with E-state index in [4.69, 9.17) is 51.5 Å². The van der Waals surface area contributed by atoms with Gasteiger partial charge in [-0.25, -0.2) is 19.2 Å². The lowest BCUT2D eigenvalue weighted by molar-refractivity contribution is -0.162. The molecule has 440 valence electrons. The molecule has 2 fully saturated rings. The van der Waals surface area contributed by atoms with Crippen LogP contribution in [-0.4, -0.2) is 165 Å². The lowest BCUT2D eigenvalue weighted by Crippen LogP contribution is -2.63. The number of primary amides is 1. The molecule has 3 heterocycles. The Hall–Kier alpha value is -6.99. The van der Waals surface area contributed by atoms with E-state index in [2.05, 4.69) is 21.3 Å². The van der Waals surface area contributed by atoms with Crippen molar-refractivity contribution in [3.63, 3.8) is 0 Å². The Labute approximate surface area is 471 Å². The highest BCUT2D eigenvalue weighted by atomic mass is 35.5. The van der Waals surface area contributed by atoms with Gasteiger partial charge in [0.1, 0.15) is 53.4 Å². The van der Waals surface area contributed by atoms with Crippen LogP contribution in [0.4, 0.5) is 25.8 Å². The van der Waals surface area contributed by atoms with Crippen LogP contribution in [-0.2, 0) is 60.7 Å². The normalized spacial score (nSPS) is 25.1. The second-order valence-corrected chi connectivity index (χ2v) is 21.5. The highest BCUT2D eigenvalue weighted by molar-refractivity contribution is 6.35. The van der Waals surface area contributed by atoms with Gasteiger partial charge < -0.3 is 75.6 Å². The number of esters is 1. The summed E-state index contributed by atoms with van der Waals surface area (Å²) >= 11 is 6.82. The van der Waals surface area contributed by atoms with Crippen molar-refractivity contribution in [3.05, 3.63) is 76.3 Å². The minimum atomic E-state index is -1.90. The molecule has 0 aliphatic carbocycles. The zero-order valence-corrected chi connectivity index (χ0v) is 48.0. The first-order valence-corrected chi connectivity index (χ1v) is 26.7. The molecule has 2 aromatic rings. The van der Waals surface area contributed by atoms with Crippen LogP contribution in [0, 0.1) is 11.8 Å². The summed E-state index contributed by atoms with van der Waals surface area (Å²) in [7, 11) is 7.24. The molecule has 5 rings (SSSR count). The zero-order chi connectivity index (χ0) is 59.4. The quantitative estimate of drug-likeness (QED) is 0.0452. The van der Waals surface area contributed by atoms with E-state index in [1.54, 1.807) is 76.2 Å². The lowest BCUT2D eigenvalue weighted by Gasteiger charge is -2.42. The van der Waals surface area contributed by atoms with Crippen molar-refractivity contribution in [3.8, 4) is 5.75 Å². The molecule has 10 atom stereocenters. The Morgan fingerprint density at radius 1 is 1.05 bits per heavy atom. The number of carbonyl (C=O) groups is 8. The predicted octanol–water partition coefficient (Wildman–Crippen LogP) is 4.03. The molecule has 9 N–H and O–H groups in total. The number of alkyl carbamates (subject to hydrolysis) is 1. The summed E-state index contributed by atoms with van der Waals surface area (Å²) in [5, 5.41) is 22.4. The van der Waals surface area contributed by atoms with Gasteiger partial charge in [0.2, 0.25) is 23.6 Å². The van der Waals surface area contributed by atoms with E-state index in [0.29, 0.717) is 35.5 Å². The van der Waals surface area contributed by atoms with Crippen molar-refractivity contribution in [2.75, 3.05) is 58.7 Å². The summed E-state index contributed by atoms with van der Waals surface area (Å²) in [6.07, 6.45) is -0.239. The number of allylic oxidation sites excluding steroid dienone is 3.